The highest BCUT2D eigenvalue weighted by Crippen LogP contribution is 2.36. The Kier molecular flexibility index (Phi) is 5.16. The molecule has 1 aliphatic heterocycles. The maximum atomic E-state index is 12.3. The SMILES string of the molecule is CN1C(=O)C[C@@H](CNCc2ccccc2OCC2CC2)[C@@H]1c1cnn(C)c1. The molecular weight excluding hydrogens is 340 g/mol. The topological polar surface area (TPSA) is 59.4 Å². The summed E-state index contributed by atoms with van der Waals surface area (Å²) in [6, 6.07) is 8.31. The van der Waals surface area contributed by atoms with Crippen LogP contribution in [-0.2, 0) is 18.4 Å². The molecule has 4 rings (SSSR count). The number of aromatic nitrogens is 2. The van der Waals surface area contributed by atoms with Crippen LogP contribution < -0.4 is 10.1 Å². The first-order valence-corrected chi connectivity index (χ1v) is 9.77. The average Bonchev–Trinajstić information content (AvgIpc) is 3.33. The van der Waals surface area contributed by atoms with Gasteiger partial charge in [-0.2, -0.15) is 5.10 Å². The number of amides is 1. The van der Waals surface area contributed by atoms with Crippen molar-refractivity contribution in [3.8, 4) is 5.75 Å². The van der Waals surface area contributed by atoms with Gasteiger partial charge in [-0.3, -0.25) is 9.48 Å². The van der Waals surface area contributed by atoms with E-state index in [2.05, 4.69) is 16.5 Å². The Balaban J connectivity index is 1.37. The molecule has 1 saturated heterocycles. The number of carbonyl (C=O) groups is 1. The van der Waals surface area contributed by atoms with Crippen LogP contribution in [0.3, 0.4) is 0 Å². The van der Waals surface area contributed by atoms with E-state index >= 15 is 0 Å². The Bertz CT molecular complexity index is 799. The van der Waals surface area contributed by atoms with Gasteiger partial charge in [0, 0.05) is 56.8 Å². The van der Waals surface area contributed by atoms with Crippen molar-refractivity contribution in [1.29, 1.82) is 0 Å². The van der Waals surface area contributed by atoms with Crippen LogP contribution in [0.15, 0.2) is 36.7 Å². The van der Waals surface area contributed by atoms with Crippen LogP contribution >= 0.6 is 0 Å². The first-order valence-electron chi connectivity index (χ1n) is 9.77. The summed E-state index contributed by atoms with van der Waals surface area (Å²) >= 11 is 0. The predicted octanol–water partition coefficient (Wildman–Crippen LogP) is 2.52. The monoisotopic (exact) mass is 368 g/mol. The number of aryl methyl sites for hydroxylation is 1. The molecule has 1 aliphatic carbocycles. The predicted molar refractivity (Wildman–Crippen MR) is 103 cm³/mol. The summed E-state index contributed by atoms with van der Waals surface area (Å²) in [5.74, 6) is 2.15. The second-order valence-electron chi connectivity index (χ2n) is 7.85. The van der Waals surface area contributed by atoms with Gasteiger partial charge in [0.05, 0.1) is 18.8 Å². The number of hydrogen-bond acceptors (Lipinski definition) is 4. The quantitative estimate of drug-likeness (QED) is 0.778. The summed E-state index contributed by atoms with van der Waals surface area (Å²) in [7, 11) is 3.80. The van der Waals surface area contributed by atoms with Gasteiger partial charge < -0.3 is 15.0 Å². The van der Waals surface area contributed by atoms with Crippen molar-refractivity contribution in [3.05, 3.63) is 47.8 Å². The zero-order chi connectivity index (χ0) is 18.8. The molecule has 1 saturated carbocycles. The van der Waals surface area contributed by atoms with Crippen molar-refractivity contribution >= 4 is 5.91 Å². The summed E-state index contributed by atoms with van der Waals surface area (Å²) in [6.45, 7) is 2.35. The molecule has 1 N–H and O–H groups in total. The van der Waals surface area contributed by atoms with Gasteiger partial charge in [0.25, 0.3) is 0 Å². The second kappa shape index (κ2) is 7.72. The second-order valence-corrected chi connectivity index (χ2v) is 7.85. The van der Waals surface area contributed by atoms with Crippen LogP contribution in [0.1, 0.15) is 36.4 Å². The summed E-state index contributed by atoms with van der Waals surface area (Å²) in [5.41, 5.74) is 2.28. The van der Waals surface area contributed by atoms with Crippen molar-refractivity contribution in [1.82, 2.24) is 20.0 Å². The minimum atomic E-state index is 0.0834. The van der Waals surface area contributed by atoms with Crippen LogP contribution in [0.25, 0.3) is 0 Å². The number of nitrogens with one attached hydrogen (secondary N) is 1. The van der Waals surface area contributed by atoms with Crippen LogP contribution in [0.4, 0.5) is 0 Å². The molecule has 2 fully saturated rings. The number of para-hydroxylation sites is 1. The molecule has 1 amide bonds. The van der Waals surface area contributed by atoms with Crippen LogP contribution in [0, 0.1) is 11.8 Å². The fourth-order valence-electron chi connectivity index (χ4n) is 3.90. The van der Waals surface area contributed by atoms with Crippen LogP contribution in [0.2, 0.25) is 0 Å². The third-order valence-electron chi connectivity index (χ3n) is 5.63. The number of nitrogens with zero attached hydrogens (tertiary/aromatic N) is 3. The molecule has 6 heteroatoms. The van der Waals surface area contributed by atoms with Crippen LogP contribution in [-0.4, -0.2) is 40.8 Å². The van der Waals surface area contributed by atoms with Crippen molar-refractivity contribution in [2.75, 3.05) is 20.2 Å². The maximum Gasteiger partial charge on any atom is 0.223 e. The van der Waals surface area contributed by atoms with Crippen LogP contribution in [0.5, 0.6) is 5.75 Å². The molecule has 0 unspecified atom stereocenters. The zero-order valence-corrected chi connectivity index (χ0v) is 16.1. The Labute approximate surface area is 160 Å². The average molecular weight is 368 g/mol. The minimum Gasteiger partial charge on any atom is -0.493 e. The lowest BCUT2D eigenvalue weighted by Crippen LogP contribution is -2.29. The number of hydrogen-bond donors (Lipinski definition) is 1. The third-order valence-corrected chi connectivity index (χ3v) is 5.63. The molecule has 6 nitrogen and oxygen atoms in total. The lowest BCUT2D eigenvalue weighted by Gasteiger charge is -2.24. The van der Waals surface area contributed by atoms with E-state index in [4.69, 9.17) is 4.74 Å². The summed E-state index contributed by atoms with van der Waals surface area (Å²) < 4.78 is 7.79. The molecule has 2 aliphatic rings. The highest BCUT2D eigenvalue weighted by Gasteiger charge is 2.38. The van der Waals surface area contributed by atoms with E-state index in [-0.39, 0.29) is 17.9 Å². The third kappa shape index (κ3) is 4.16. The number of rotatable bonds is 8. The Morgan fingerprint density at radius 2 is 2.07 bits per heavy atom. The molecule has 144 valence electrons. The van der Waals surface area contributed by atoms with Gasteiger partial charge in [0.2, 0.25) is 5.91 Å². The fraction of sp³-hybridized carbons (Fsp3) is 0.524. The van der Waals surface area contributed by atoms with Gasteiger partial charge in [0.15, 0.2) is 0 Å². The number of benzene rings is 1. The van der Waals surface area contributed by atoms with Gasteiger partial charge in [0.1, 0.15) is 5.75 Å². The van der Waals surface area contributed by atoms with Crippen molar-refractivity contribution in [3.63, 3.8) is 0 Å². The smallest absolute Gasteiger partial charge is 0.223 e. The van der Waals surface area contributed by atoms with E-state index in [1.165, 1.54) is 18.4 Å². The van der Waals surface area contributed by atoms with Gasteiger partial charge in [-0.25, -0.2) is 0 Å². The molecule has 2 atom stereocenters. The van der Waals surface area contributed by atoms with E-state index in [0.29, 0.717) is 6.42 Å². The molecule has 0 bridgehead atoms. The highest BCUT2D eigenvalue weighted by atomic mass is 16.5. The van der Waals surface area contributed by atoms with E-state index in [0.717, 1.165) is 36.9 Å². The largest absolute Gasteiger partial charge is 0.493 e. The number of ether oxygens (including phenoxy) is 1. The van der Waals surface area contributed by atoms with E-state index in [1.807, 2.05) is 49.6 Å². The van der Waals surface area contributed by atoms with Gasteiger partial charge in [-0.05, 0) is 24.8 Å². The summed E-state index contributed by atoms with van der Waals surface area (Å²) in [4.78, 5) is 14.1. The van der Waals surface area contributed by atoms with E-state index in [9.17, 15) is 4.79 Å². The van der Waals surface area contributed by atoms with Gasteiger partial charge in [-0.1, -0.05) is 18.2 Å². The number of likely N-dealkylation sites (tertiary alicyclic amines) is 1. The molecule has 1 aromatic carbocycles. The highest BCUT2D eigenvalue weighted by molar-refractivity contribution is 5.79. The van der Waals surface area contributed by atoms with E-state index in [1.54, 1.807) is 4.68 Å². The Morgan fingerprint density at radius 1 is 1.26 bits per heavy atom. The first kappa shape index (κ1) is 18.0. The van der Waals surface area contributed by atoms with Crippen molar-refractivity contribution < 1.29 is 9.53 Å². The van der Waals surface area contributed by atoms with Gasteiger partial charge in [-0.15, -0.1) is 0 Å². The van der Waals surface area contributed by atoms with Gasteiger partial charge >= 0.3 is 0 Å². The minimum absolute atomic E-state index is 0.0834. The Morgan fingerprint density at radius 3 is 2.81 bits per heavy atom. The van der Waals surface area contributed by atoms with Crippen molar-refractivity contribution in [2.24, 2.45) is 18.9 Å². The molecule has 27 heavy (non-hydrogen) atoms. The fourth-order valence-corrected chi connectivity index (χ4v) is 3.90. The molecule has 1 aromatic heterocycles. The Hall–Kier alpha value is -2.34. The lowest BCUT2D eigenvalue weighted by molar-refractivity contribution is -0.127. The summed E-state index contributed by atoms with van der Waals surface area (Å²) in [6.07, 6.45) is 7.03. The molecule has 2 aromatic rings. The lowest BCUT2D eigenvalue weighted by atomic mass is 9.95. The number of carbonyl (C=O) groups excluding carboxylic acids is 1. The standard InChI is InChI=1S/C21H28N4O2/c1-24-13-18(12-23-24)21-17(9-20(26)25(21)2)11-22-10-16-5-3-4-6-19(16)27-14-15-7-8-15/h3-6,12-13,15,17,21-22H,7-11,14H2,1-2H3/t17-,21+/m0/s1. The molecular formula is C21H28N4O2. The molecule has 0 radical (unpaired) electrons. The zero-order valence-electron chi connectivity index (χ0n) is 16.1. The molecule has 2 heterocycles. The normalized spacial score (nSPS) is 22.4. The summed E-state index contributed by atoms with van der Waals surface area (Å²) in [5, 5.41) is 7.82. The first-order chi connectivity index (χ1) is 13.1. The molecule has 0 spiro atoms. The van der Waals surface area contributed by atoms with Crippen molar-refractivity contribution in [2.45, 2.75) is 31.8 Å². The maximum absolute atomic E-state index is 12.3. The van der Waals surface area contributed by atoms with E-state index < -0.39 is 0 Å².